The summed E-state index contributed by atoms with van der Waals surface area (Å²) in [6.45, 7) is 3.87. The normalized spacial score (nSPS) is 13.3. The number of carbonyl (C=O) groups is 3. The van der Waals surface area contributed by atoms with E-state index in [4.69, 9.17) is 21.1 Å². The molecular formula is C27H24ClN3O5. The van der Waals surface area contributed by atoms with Crippen LogP contribution in [0, 0.1) is 0 Å². The highest BCUT2D eigenvalue weighted by Crippen LogP contribution is 2.35. The maximum atomic E-state index is 13.1. The van der Waals surface area contributed by atoms with Gasteiger partial charge < -0.3 is 20.1 Å². The summed E-state index contributed by atoms with van der Waals surface area (Å²) in [5, 5.41) is 5.45. The number of para-hydroxylation sites is 2. The quantitative estimate of drug-likeness (QED) is 0.410. The Morgan fingerprint density at radius 2 is 1.64 bits per heavy atom. The van der Waals surface area contributed by atoms with Gasteiger partial charge in [0.05, 0.1) is 18.9 Å². The third kappa shape index (κ3) is 5.18. The number of imide groups is 1. The lowest BCUT2D eigenvalue weighted by molar-refractivity contribution is -0.120. The van der Waals surface area contributed by atoms with Gasteiger partial charge in [-0.2, -0.15) is 0 Å². The SMILES string of the molecule is COc1ccccc1N1C(=O)C(Cl)=C(Nc2cccc(C(=O)Nc3ccc(OC(C)C)cc3)c2)C1=O. The van der Waals surface area contributed by atoms with Crippen LogP contribution in [0.5, 0.6) is 11.5 Å². The van der Waals surface area contributed by atoms with E-state index < -0.39 is 11.8 Å². The Hall–Kier alpha value is -4.30. The van der Waals surface area contributed by atoms with E-state index in [0.29, 0.717) is 28.4 Å². The molecule has 1 aliphatic heterocycles. The molecule has 4 rings (SSSR count). The van der Waals surface area contributed by atoms with Crippen molar-refractivity contribution in [1.29, 1.82) is 0 Å². The molecule has 0 bridgehead atoms. The van der Waals surface area contributed by atoms with Crippen molar-refractivity contribution in [1.82, 2.24) is 0 Å². The largest absolute Gasteiger partial charge is 0.495 e. The molecular weight excluding hydrogens is 482 g/mol. The van der Waals surface area contributed by atoms with Crippen molar-refractivity contribution in [3.63, 3.8) is 0 Å². The summed E-state index contributed by atoms with van der Waals surface area (Å²) in [5.74, 6) is -0.592. The molecule has 0 saturated carbocycles. The van der Waals surface area contributed by atoms with Crippen molar-refractivity contribution < 1.29 is 23.9 Å². The van der Waals surface area contributed by atoms with E-state index in [1.807, 2.05) is 13.8 Å². The lowest BCUT2D eigenvalue weighted by Crippen LogP contribution is -2.32. The predicted octanol–water partition coefficient (Wildman–Crippen LogP) is 5.17. The van der Waals surface area contributed by atoms with Gasteiger partial charge in [-0.3, -0.25) is 14.4 Å². The molecule has 3 aromatic rings. The first-order valence-electron chi connectivity index (χ1n) is 11.1. The molecule has 0 aliphatic carbocycles. The van der Waals surface area contributed by atoms with Gasteiger partial charge in [-0.25, -0.2) is 4.90 Å². The van der Waals surface area contributed by atoms with Crippen LogP contribution in [0.2, 0.25) is 0 Å². The highest BCUT2D eigenvalue weighted by Gasteiger charge is 2.40. The van der Waals surface area contributed by atoms with Crippen molar-refractivity contribution in [2.75, 3.05) is 22.6 Å². The average molecular weight is 506 g/mol. The standard InChI is InChI=1S/C27H24ClN3O5/c1-16(2)36-20-13-11-18(12-14-20)30-25(32)17-7-6-8-19(15-17)29-24-23(28)26(33)31(27(24)34)21-9-4-5-10-22(21)35-3/h4-16,29H,1-3H3,(H,30,32). The first-order chi connectivity index (χ1) is 17.3. The van der Waals surface area contributed by atoms with Gasteiger partial charge in [0.1, 0.15) is 22.2 Å². The summed E-state index contributed by atoms with van der Waals surface area (Å²) < 4.78 is 10.9. The van der Waals surface area contributed by atoms with Crippen LogP contribution in [-0.4, -0.2) is 30.9 Å². The summed E-state index contributed by atoms with van der Waals surface area (Å²) in [5.41, 5.74) is 1.55. The number of ether oxygens (including phenoxy) is 2. The van der Waals surface area contributed by atoms with Crippen LogP contribution in [0.25, 0.3) is 0 Å². The molecule has 184 valence electrons. The van der Waals surface area contributed by atoms with Gasteiger partial charge in [0.2, 0.25) is 0 Å². The topological polar surface area (TPSA) is 97.0 Å². The first kappa shape index (κ1) is 24.8. The lowest BCUT2D eigenvalue weighted by Gasteiger charge is -2.18. The van der Waals surface area contributed by atoms with Gasteiger partial charge in [-0.1, -0.05) is 29.8 Å². The number of halogens is 1. The Kier molecular flexibility index (Phi) is 7.26. The Bertz CT molecular complexity index is 1350. The molecule has 3 aromatic carbocycles. The van der Waals surface area contributed by atoms with Crippen LogP contribution >= 0.6 is 11.6 Å². The van der Waals surface area contributed by atoms with Crippen molar-refractivity contribution in [2.24, 2.45) is 0 Å². The molecule has 0 unspecified atom stereocenters. The number of nitrogens with zero attached hydrogens (tertiary/aromatic N) is 1. The minimum Gasteiger partial charge on any atom is -0.495 e. The van der Waals surface area contributed by atoms with Gasteiger partial charge in [-0.15, -0.1) is 0 Å². The van der Waals surface area contributed by atoms with Crippen LogP contribution in [0.15, 0.2) is 83.5 Å². The molecule has 0 saturated heterocycles. The number of anilines is 3. The Morgan fingerprint density at radius 1 is 0.917 bits per heavy atom. The molecule has 8 nitrogen and oxygen atoms in total. The van der Waals surface area contributed by atoms with Crippen LogP contribution < -0.4 is 25.0 Å². The zero-order valence-electron chi connectivity index (χ0n) is 19.9. The van der Waals surface area contributed by atoms with Crippen LogP contribution in [0.4, 0.5) is 17.1 Å². The zero-order valence-corrected chi connectivity index (χ0v) is 20.6. The van der Waals surface area contributed by atoms with E-state index in [1.165, 1.54) is 7.11 Å². The van der Waals surface area contributed by atoms with Crippen molar-refractivity contribution in [2.45, 2.75) is 20.0 Å². The van der Waals surface area contributed by atoms with E-state index in [2.05, 4.69) is 10.6 Å². The van der Waals surface area contributed by atoms with Gasteiger partial charge in [0.25, 0.3) is 17.7 Å². The Morgan fingerprint density at radius 3 is 2.33 bits per heavy atom. The number of amides is 3. The highest BCUT2D eigenvalue weighted by molar-refractivity contribution is 6.53. The fraction of sp³-hybridized carbons (Fsp3) is 0.148. The molecule has 36 heavy (non-hydrogen) atoms. The van der Waals surface area contributed by atoms with Crippen molar-refractivity contribution in [3.8, 4) is 11.5 Å². The summed E-state index contributed by atoms with van der Waals surface area (Å²) >= 11 is 6.24. The molecule has 9 heteroatoms. The highest BCUT2D eigenvalue weighted by atomic mass is 35.5. The molecule has 0 atom stereocenters. The third-order valence-electron chi connectivity index (χ3n) is 5.23. The molecule has 0 fully saturated rings. The summed E-state index contributed by atoms with van der Waals surface area (Å²) in [6, 6.07) is 20.2. The van der Waals surface area contributed by atoms with Crippen molar-refractivity contribution >= 4 is 46.4 Å². The van der Waals surface area contributed by atoms with E-state index in [9.17, 15) is 14.4 Å². The van der Waals surface area contributed by atoms with E-state index >= 15 is 0 Å². The minimum atomic E-state index is -0.674. The second-order valence-electron chi connectivity index (χ2n) is 8.16. The maximum absolute atomic E-state index is 13.1. The van der Waals surface area contributed by atoms with E-state index in [-0.39, 0.29) is 28.4 Å². The first-order valence-corrected chi connectivity index (χ1v) is 11.5. The summed E-state index contributed by atoms with van der Waals surface area (Å²) in [6.07, 6.45) is 0.0492. The van der Waals surface area contributed by atoms with E-state index in [0.717, 1.165) is 4.90 Å². The monoisotopic (exact) mass is 505 g/mol. The fourth-order valence-corrected chi connectivity index (χ4v) is 3.83. The smallest absolute Gasteiger partial charge is 0.283 e. The van der Waals surface area contributed by atoms with Gasteiger partial charge in [-0.05, 0) is 68.4 Å². The van der Waals surface area contributed by atoms with Crippen LogP contribution in [0.3, 0.4) is 0 Å². The lowest BCUT2D eigenvalue weighted by atomic mass is 10.1. The molecule has 2 N–H and O–H groups in total. The van der Waals surface area contributed by atoms with Crippen LogP contribution in [-0.2, 0) is 9.59 Å². The summed E-state index contributed by atoms with van der Waals surface area (Å²) in [4.78, 5) is 39.7. The second-order valence-corrected chi connectivity index (χ2v) is 8.54. The van der Waals surface area contributed by atoms with Gasteiger partial charge in [0.15, 0.2) is 0 Å². The van der Waals surface area contributed by atoms with Gasteiger partial charge >= 0.3 is 0 Å². The maximum Gasteiger partial charge on any atom is 0.283 e. The molecule has 3 amide bonds. The van der Waals surface area contributed by atoms with E-state index in [1.54, 1.807) is 72.8 Å². The third-order valence-corrected chi connectivity index (χ3v) is 5.58. The molecule has 1 heterocycles. The Balaban J connectivity index is 1.50. The van der Waals surface area contributed by atoms with Crippen LogP contribution in [0.1, 0.15) is 24.2 Å². The number of hydrogen-bond donors (Lipinski definition) is 2. The molecule has 1 aliphatic rings. The zero-order chi connectivity index (χ0) is 25.8. The number of nitrogens with one attached hydrogen (secondary N) is 2. The fourth-order valence-electron chi connectivity index (χ4n) is 3.62. The number of rotatable bonds is 8. The Labute approximate surface area is 213 Å². The number of benzene rings is 3. The molecule has 0 radical (unpaired) electrons. The number of carbonyl (C=O) groups excluding carboxylic acids is 3. The van der Waals surface area contributed by atoms with Crippen molar-refractivity contribution in [3.05, 3.63) is 89.1 Å². The predicted molar refractivity (Wildman–Crippen MR) is 139 cm³/mol. The minimum absolute atomic E-state index is 0.0492. The second kappa shape index (κ2) is 10.5. The van der Waals surface area contributed by atoms with Gasteiger partial charge in [0, 0.05) is 16.9 Å². The summed E-state index contributed by atoms with van der Waals surface area (Å²) in [7, 11) is 1.45. The molecule has 0 aromatic heterocycles. The number of hydrogen-bond acceptors (Lipinski definition) is 6. The number of methoxy groups -OCH3 is 1. The average Bonchev–Trinajstić information content (AvgIpc) is 3.08. The molecule has 0 spiro atoms.